The van der Waals surface area contributed by atoms with Gasteiger partial charge < -0.3 is 20.9 Å². The highest BCUT2D eigenvalue weighted by Crippen LogP contribution is 2.32. The van der Waals surface area contributed by atoms with Crippen molar-refractivity contribution < 1.29 is 27.0 Å². The number of benzene rings is 2. The second-order valence-corrected chi connectivity index (χ2v) is 8.76. The molecular weight excluding hydrogens is 520 g/mol. The third kappa shape index (κ3) is 7.61. The third-order valence-electron chi connectivity index (χ3n) is 5.25. The summed E-state index contributed by atoms with van der Waals surface area (Å²) in [7, 11) is 0. The average Bonchev–Trinajstić information content (AvgIpc) is 3.39. The number of nitrogens with two attached hydrogens (primary N) is 2. The summed E-state index contributed by atoms with van der Waals surface area (Å²) < 4.78 is 62.4. The molecule has 4 rings (SSSR count). The van der Waals surface area contributed by atoms with E-state index < -0.39 is 17.6 Å². The van der Waals surface area contributed by atoms with Gasteiger partial charge in [-0.25, -0.2) is 14.4 Å². The molecule has 2 aliphatic rings. The maximum Gasteiger partial charge on any atom is 0.419 e. The number of alkyl halides is 3. The van der Waals surface area contributed by atoms with Gasteiger partial charge in [0, 0.05) is 4.47 Å². The van der Waals surface area contributed by atoms with E-state index in [2.05, 4.69) is 38.0 Å². The molecule has 184 valence electrons. The molecule has 0 radical (unpaired) electrons. The van der Waals surface area contributed by atoms with Gasteiger partial charge in [0.05, 0.1) is 17.6 Å². The van der Waals surface area contributed by atoms with Gasteiger partial charge in [0.15, 0.2) is 0 Å². The summed E-state index contributed by atoms with van der Waals surface area (Å²) >= 11 is 3.45. The zero-order valence-corrected chi connectivity index (χ0v) is 19.8. The third-order valence-corrected chi connectivity index (χ3v) is 5.75. The van der Waals surface area contributed by atoms with E-state index in [-0.39, 0.29) is 36.7 Å². The smallest absolute Gasteiger partial charge is 0.419 e. The SMILES string of the molecule is NC1=N[C@@H](CCc2cccc(Br)c2)CO1.NC1=N[C@@H](CCc2cccc(C(F)(F)F)c2F)CO1. The molecule has 11 heteroatoms. The zero-order valence-electron chi connectivity index (χ0n) is 18.2. The van der Waals surface area contributed by atoms with Gasteiger partial charge in [-0.1, -0.05) is 40.2 Å². The molecule has 0 aromatic heterocycles. The molecule has 0 saturated carbocycles. The molecule has 0 fully saturated rings. The number of rotatable bonds is 6. The number of amidine groups is 2. The van der Waals surface area contributed by atoms with Gasteiger partial charge in [-0.2, -0.15) is 13.2 Å². The van der Waals surface area contributed by atoms with E-state index >= 15 is 0 Å². The van der Waals surface area contributed by atoms with Crippen molar-refractivity contribution >= 4 is 28.0 Å². The molecule has 0 amide bonds. The van der Waals surface area contributed by atoms with Crippen LogP contribution in [-0.4, -0.2) is 37.3 Å². The fourth-order valence-electron chi connectivity index (χ4n) is 3.51. The lowest BCUT2D eigenvalue weighted by molar-refractivity contribution is -0.140. The summed E-state index contributed by atoms with van der Waals surface area (Å²) in [6, 6.07) is 12.0. The van der Waals surface area contributed by atoms with Gasteiger partial charge in [0.25, 0.3) is 12.0 Å². The quantitative estimate of drug-likeness (QED) is 0.520. The first-order chi connectivity index (χ1) is 16.1. The van der Waals surface area contributed by atoms with Crippen LogP contribution in [0, 0.1) is 5.82 Å². The second-order valence-electron chi connectivity index (χ2n) is 7.85. The van der Waals surface area contributed by atoms with Crippen molar-refractivity contribution in [3.05, 3.63) is 69.4 Å². The van der Waals surface area contributed by atoms with Crippen molar-refractivity contribution in [1.82, 2.24) is 0 Å². The standard InChI is InChI=1S/C12H12F4N2O.C11H13BrN2O/c13-10-7(2-1-3-9(10)12(14,15)16)4-5-8-6-19-11(17)18-8;12-9-3-1-2-8(6-9)4-5-10-7-15-11(13)14-10/h1-3,8H,4-6H2,(H2,17,18);1-3,6,10H,4-5,7H2,(H2,13,14)/t8-;10-/m00/s1. The van der Waals surface area contributed by atoms with E-state index in [1.807, 2.05) is 12.1 Å². The molecule has 2 aromatic carbocycles. The molecule has 2 aliphatic heterocycles. The molecule has 4 N–H and O–H groups in total. The highest BCUT2D eigenvalue weighted by molar-refractivity contribution is 9.10. The monoisotopic (exact) mass is 544 g/mol. The van der Waals surface area contributed by atoms with Crippen LogP contribution in [0.25, 0.3) is 0 Å². The number of hydrogen-bond donors (Lipinski definition) is 2. The number of ether oxygens (including phenoxy) is 2. The molecule has 0 bridgehead atoms. The van der Waals surface area contributed by atoms with Gasteiger partial charge >= 0.3 is 6.18 Å². The van der Waals surface area contributed by atoms with Crippen LogP contribution in [0.2, 0.25) is 0 Å². The molecule has 2 atom stereocenters. The fraction of sp³-hybridized carbons (Fsp3) is 0.391. The number of nitrogens with zero attached hydrogens (tertiary/aromatic N) is 2. The lowest BCUT2D eigenvalue weighted by Gasteiger charge is -2.11. The summed E-state index contributed by atoms with van der Waals surface area (Å²) in [5.74, 6) is -1.22. The molecule has 0 saturated heterocycles. The average molecular weight is 545 g/mol. The number of hydrogen-bond acceptors (Lipinski definition) is 6. The Morgan fingerprint density at radius 2 is 1.50 bits per heavy atom. The van der Waals surface area contributed by atoms with Crippen molar-refractivity contribution in [2.45, 2.75) is 43.9 Å². The number of aliphatic imine (C=N–C) groups is 2. The minimum absolute atomic E-state index is 0.0236. The normalized spacial score (nSPS) is 19.4. The predicted molar refractivity (Wildman–Crippen MR) is 125 cm³/mol. The van der Waals surface area contributed by atoms with Crippen LogP contribution in [0.5, 0.6) is 0 Å². The summed E-state index contributed by atoms with van der Waals surface area (Å²) in [5.41, 5.74) is 10.8. The molecule has 6 nitrogen and oxygen atoms in total. The Balaban J connectivity index is 0.000000196. The first-order valence-corrected chi connectivity index (χ1v) is 11.4. The van der Waals surface area contributed by atoms with Crippen LogP contribution in [0.1, 0.15) is 29.5 Å². The fourth-order valence-corrected chi connectivity index (χ4v) is 3.95. The van der Waals surface area contributed by atoms with Crippen LogP contribution < -0.4 is 11.5 Å². The Morgan fingerprint density at radius 3 is 2.03 bits per heavy atom. The highest BCUT2D eigenvalue weighted by atomic mass is 79.9. The number of aryl methyl sites for hydroxylation is 2. The Morgan fingerprint density at radius 1 is 0.912 bits per heavy atom. The Hall–Kier alpha value is -2.82. The summed E-state index contributed by atoms with van der Waals surface area (Å²) in [6.45, 7) is 0.909. The van der Waals surface area contributed by atoms with E-state index in [4.69, 9.17) is 20.9 Å². The topological polar surface area (TPSA) is 95.2 Å². The van der Waals surface area contributed by atoms with E-state index in [0.717, 1.165) is 23.4 Å². The lowest BCUT2D eigenvalue weighted by Crippen LogP contribution is -2.12. The minimum atomic E-state index is -4.68. The summed E-state index contributed by atoms with van der Waals surface area (Å²) in [5, 5.41) is 0. The van der Waals surface area contributed by atoms with Crippen LogP contribution in [-0.2, 0) is 28.5 Å². The summed E-state index contributed by atoms with van der Waals surface area (Å²) in [4.78, 5) is 8.12. The molecule has 34 heavy (non-hydrogen) atoms. The zero-order chi connectivity index (χ0) is 24.7. The molecule has 2 aromatic rings. The van der Waals surface area contributed by atoms with Crippen molar-refractivity contribution in [2.24, 2.45) is 21.5 Å². The van der Waals surface area contributed by atoms with Crippen LogP contribution in [0.3, 0.4) is 0 Å². The van der Waals surface area contributed by atoms with Gasteiger partial charge in [0.1, 0.15) is 19.0 Å². The predicted octanol–water partition coefficient (Wildman–Crippen LogP) is 4.59. The van der Waals surface area contributed by atoms with E-state index in [1.165, 1.54) is 17.7 Å². The van der Waals surface area contributed by atoms with Crippen molar-refractivity contribution in [3.8, 4) is 0 Å². The van der Waals surface area contributed by atoms with E-state index in [0.29, 0.717) is 19.0 Å². The van der Waals surface area contributed by atoms with Gasteiger partial charge in [-0.15, -0.1) is 0 Å². The summed E-state index contributed by atoms with van der Waals surface area (Å²) in [6.07, 6.45) is -2.15. The van der Waals surface area contributed by atoms with Gasteiger partial charge in [0.2, 0.25) is 0 Å². The number of halogens is 5. The van der Waals surface area contributed by atoms with Crippen molar-refractivity contribution in [1.29, 1.82) is 0 Å². The molecule has 0 spiro atoms. The van der Waals surface area contributed by atoms with Crippen LogP contribution in [0.4, 0.5) is 17.6 Å². The minimum Gasteiger partial charge on any atom is -0.463 e. The lowest BCUT2D eigenvalue weighted by atomic mass is 10.0. The molecular formula is C23H25BrF4N4O2. The Bertz CT molecular complexity index is 1050. The van der Waals surface area contributed by atoms with Gasteiger partial charge in [-0.3, -0.25) is 0 Å². The van der Waals surface area contributed by atoms with Crippen LogP contribution in [0.15, 0.2) is 56.9 Å². The Labute approximate surface area is 203 Å². The van der Waals surface area contributed by atoms with Crippen molar-refractivity contribution in [2.75, 3.05) is 13.2 Å². The van der Waals surface area contributed by atoms with E-state index in [1.54, 1.807) is 0 Å². The molecule has 0 unspecified atom stereocenters. The Kier molecular flexibility index (Phi) is 8.76. The maximum atomic E-state index is 13.7. The largest absolute Gasteiger partial charge is 0.463 e. The van der Waals surface area contributed by atoms with Crippen LogP contribution >= 0.6 is 15.9 Å². The first-order valence-electron chi connectivity index (χ1n) is 10.6. The molecule has 0 aliphatic carbocycles. The van der Waals surface area contributed by atoms with Gasteiger partial charge in [-0.05, 0) is 55.0 Å². The maximum absolute atomic E-state index is 13.7. The van der Waals surface area contributed by atoms with E-state index in [9.17, 15) is 17.6 Å². The second kappa shape index (κ2) is 11.5. The first kappa shape index (κ1) is 25.8. The van der Waals surface area contributed by atoms with Crippen molar-refractivity contribution in [3.63, 3.8) is 0 Å². The molecule has 2 heterocycles. The highest BCUT2D eigenvalue weighted by Gasteiger charge is 2.34.